The molecule has 1 N–H and O–H groups in total. The summed E-state index contributed by atoms with van der Waals surface area (Å²) in [5.74, 6) is 0. The Morgan fingerprint density at radius 3 is 2.59 bits per heavy atom. The quantitative estimate of drug-likeness (QED) is 0.614. The summed E-state index contributed by atoms with van der Waals surface area (Å²) in [5, 5.41) is 0. The van der Waals surface area contributed by atoms with E-state index in [-0.39, 0.29) is 4.87 Å². The molecule has 0 amide bonds. The topological polar surface area (TPSA) is 58.6 Å². The van der Waals surface area contributed by atoms with E-state index in [2.05, 4.69) is 15.0 Å². The molecule has 3 heterocycles. The average molecular weight is 305 g/mol. The van der Waals surface area contributed by atoms with Crippen molar-refractivity contribution in [2.24, 2.45) is 0 Å². The smallest absolute Gasteiger partial charge is 0.297 e. The van der Waals surface area contributed by atoms with Gasteiger partial charge in [0.15, 0.2) is 5.65 Å². The highest BCUT2D eigenvalue weighted by atomic mass is 32.1. The van der Waals surface area contributed by atoms with Crippen LogP contribution in [-0.2, 0) is 0 Å². The Hall–Kier alpha value is -2.79. The van der Waals surface area contributed by atoms with Gasteiger partial charge >= 0.3 is 4.87 Å². The van der Waals surface area contributed by atoms with Crippen LogP contribution in [0.2, 0.25) is 0 Å². The standard InChI is InChI=1S/C17H11N3OS/c21-17-20-16-15(22-17)13(12-7-4-8-18-10-12)9-14(19-16)11-5-2-1-3-6-11/h1-10H,(H,19,20,21). The molecule has 22 heavy (non-hydrogen) atoms. The summed E-state index contributed by atoms with van der Waals surface area (Å²) < 4.78 is 0.859. The van der Waals surface area contributed by atoms with Gasteiger partial charge in [-0.15, -0.1) is 0 Å². The van der Waals surface area contributed by atoms with Crippen molar-refractivity contribution in [1.82, 2.24) is 15.0 Å². The molecule has 4 aromatic rings. The van der Waals surface area contributed by atoms with Gasteiger partial charge in [0, 0.05) is 29.1 Å². The molecule has 0 bridgehead atoms. The molecular formula is C17H11N3OS. The lowest BCUT2D eigenvalue weighted by molar-refractivity contribution is 1.29. The maximum atomic E-state index is 11.7. The molecule has 0 saturated heterocycles. The van der Waals surface area contributed by atoms with Gasteiger partial charge in [0.05, 0.1) is 10.4 Å². The van der Waals surface area contributed by atoms with Crippen molar-refractivity contribution in [1.29, 1.82) is 0 Å². The first kappa shape index (κ1) is 12.9. The molecule has 1 aromatic carbocycles. The van der Waals surface area contributed by atoms with Crippen molar-refractivity contribution in [3.63, 3.8) is 0 Å². The van der Waals surface area contributed by atoms with Gasteiger partial charge in [0.25, 0.3) is 0 Å². The lowest BCUT2D eigenvalue weighted by Gasteiger charge is -2.06. The number of benzene rings is 1. The zero-order valence-corrected chi connectivity index (χ0v) is 12.3. The third-order valence-electron chi connectivity index (χ3n) is 3.43. The maximum absolute atomic E-state index is 11.7. The van der Waals surface area contributed by atoms with E-state index in [0.717, 1.165) is 27.1 Å². The number of hydrogen-bond donors (Lipinski definition) is 1. The predicted molar refractivity (Wildman–Crippen MR) is 88.9 cm³/mol. The van der Waals surface area contributed by atoms with E-state index in [0.29, 0.717) is 5.65 Å². The van der Waals surface area contributed by atoms with Crippen LogP contribution in [-0.4, -0.2) is 15.0 Å². The van der Waals surface area contributed by atoms with E-state index < -0.39 is 0 Å². The van der Waals surface area contributed by atoms with Crippen LogP contribution < -0.4 is 4.87 Å². The number of aromatic amines is 1. The fourth-order valence-electron chi connectivity index (χ4n) is 2.43. The van der Waals surface area contributed by atoms with Crippen molar-refractivity contribution in [2.45, 2.75) is 0 Å². The number of fused-ring (bicyclic) bond motifs is 1. The Morgan fingerprint density at radius 1 is 1.00 bits per heavy atom. The van der Waals surface area contributed by atoms with Crippen LogP contribution in [0.5, 0.6) is 0 Å². The SMILES string of the molecule is O=c1[nH]c2nc(-c3ccccc3)cc(-c3cccnc3)c2s1. The molecule has 0 aliphatic rings. The fraction of sp³-hybridized carbons (Fsp3) is 0. The number of pyridine rings is 2. The largest absolute Gasteiger partial charge is 0.306 e. The van der Waals surface area contributed by atoms with E-state index in [1.165, 1.54) is 11.3 Å². The molecule has 0 radical (unpaired) electrons. The summed E-state index contributed by atoms with van der Waals surface area (Å²) in [6.45, 7) is 0. The third kappa shape index (κ3) is 2.21. The molecule has 4 rings (SSSR count). The van der Waals surface area contributed by atoms with Crippen molar-refractivity contribution >= 4 is 21.7 Å². The average Bonchev–Trinajstić information content (AvgIpc) is 2.95. The van der Waals surface area contributed by atoms with E-state index in [4.69, 9.17) is 0 Å². The van der Waals surface area contributed by atoms with Crippen LogP contribution in [0, 0.1) is 0 Å². The highest BCUT2D eigenvalue weighted by Gasteiger charge is 2.12. The molecule has 0 unspecified atom stereocenters. The van der Waals surface area contributed by atoms with Crippen LogP contribution in [0.15, 0.2) is 65.7 Å². The van der Waals surface area contributed by atoms with E-state index in [9.17, 15) is 4.79 Å². The van der Waals surface area contributed by atoms with Gasteiger partial charge in [-0.3, -0.25) is 14.8 Å². The van der Waals surface area contributed by atoms with Gasteiger partial charge in [0.1, 0.15) is 0 Å². The molecule has 3 aromatic heterocycles. The second-order valence-corrected chi connectivity index (χ2v) is 5.84. The Balaban J connectivity index is 2.04. The number of nitrogens with zero attached hydrogens (tertiary/aromatic N) is 2. The number of aromatic nitrogens is 3. The van der Waals surface area contributed by atoms with Crippen molar-refractivity contribution < 1.29 is 0 Å². The Bertz CT molecular complexity index is 991. The van der Waals surface area contributed by atoms with Gasteiger partial charge in [0.2, 0.25) is 0 Å². The zero-order chi connectivity index (χ0) is 14.9. The summed E-state index contributed by atoms with van der Waals surface area (Å²) in [5.41, 5.74) is 4.42. The van der Waals surface area contributed by atoms with Gasteiger partial charge < -0.3 is 0 Å². The minimum Gasteiger partial charge on any atom is -0.297 e. The van der Waals surface area contributed by atoms with Crippen LogP contribution in [0.3, 0.4) is 0 Å². The van der Waals surface area contributed by atoms with Gasteiger partial charge in [-0.05, 0) is 12.1 Å². The fourth-order valence-corrected chi connectivity index (χ4v) is 3.24. The minimum atomic E-state index is -0.0992. The lowest BCUT2D eigenvalue weighted by Crippen LogP contribution is -1.92. The highest BCUT2D eigenvalue weighted by Crippen LogP contribution is 2.32. The summed E-state index contributed by atoms with van der Waals surface area (Å²) in [4.78, 5) is 23.2. The Kier molecular flexibility index (Phi) is 3.05. The van der Waals surface area contributed by atoms with E-state index in [1.807, 2.05) is 48.5 Å². The Labute approximate surface area is 130 Å². The lowest BCUT2D eigenvalue weighted by atomic mass is 10.0. The molecule has 0 spiro atoms. The number of rotatable bonds is 2. The van der Waals surface area contributed by atoms with Crippen LogP contribution in [0.1, 0.15) is 0 Å². The molecule has 4 nitrogen and oxygen atoms in total. The first-order chi connectivity index (χ1) is 10.8. The molecular weight excluding hydrogens is 294 g/mol. The van der Waals surface area contributed by atoms with E-state index in [1.54, 1.807) is 12.4 Å². The summed E-state index contributed by atoms with van der Waals surface area (Å²) >= 11 is 1.18. The monoisotopic (exact) mass is 305 g/mol. The number of hydrogen-bond acceptors (Lipinski definition) is 4. The summed E-state index contributed by atoms with van der Waals surface area (Å²) in [6, 6.07) is 15.8. The molecule has 0 aliphatic heterocycles. The first-order valence-electron chi connectivity index (χ1n) is 6.81. The number of thiazole rings is 1. The molecule has 106 valence electrons. The van der Waals surface area contributed by atoms with Gasteiger partial charge in [-0.25, -0.2) is 4.98 Å². The molecule has 0 saturated carbocycles. The Morgan fingerprint density at radius 2 is 1.82 bits per heavy atom. The van der Waals surface area contributed by atoms with Crippen LogP contribution in [0.25, 0.3) is 32.7 Å². The molecule has 0 aliphatic carbocycles. The van der Waals surface area contributed by atoms with Crippen molar-refractivity contribution in [3.8, 4) is 22.4 Å². The zero-order valence-electron chi connectivity index (χ0n) is 11.5. The maximum Gasteiger partial charge on any atom is 0.306 e. The molecule has 5 heteroatoms. The van der Waals surface area contributed by atoms with Crippen LogP contribution >= 0.6 is 11.3 Å². The second-order valence-electron chi connectivity index (χ2n) is 4.86. The second kappa shape index (κ2) is 5.20. The first-order valence-corrected chi connectivity index (χ1v) is 7.62. The third-order valence-corrected chi connectivity index (χ3v) is 4.34. The molecule has 0 fully saturated rings. The van der Waals surface area contributed by atoms with Gasteiger partial charge in [-0.2, -0.15) is 0 Å². The van der Waals surface area contributed by atoms with Crippen molar-refractivity contribution in [2.75, 3.05) is 0 Å². The summed E-state index contributed by atoms with van der Waals surface area (Å²) in [6.07, 6.45) is 3.54. The van der Waals surface area contributed by atoms with Crippen LogP contribution in [0.4, 0.5) is 0 Å². The number of nitrogens with one attached hydrogen (secondary N) is 1. The highest BCUT2D eigenvalue weighted by molar-refractivity contribution is 7.16. The summed E-state index contributed by atoms with van der Waals surface area (Å²) in [7, 11) is 0. The van der Waals surface area contributed by atoms with E-state index >= 15 is 0 Å². The predicted octanol–water partition coefficient (Wildman–Crippen LogP) is 3.71. The van der Waals surface area contributed by atoms with Gasteiger partial charge in [-0.1, -0.05) is 47.7 Å². The normalized spacial score (nSPS) is 10.9. The molecule has 0 atom stereocenters. The minimum absolute atomic E-state index is 0.0992. The number of H-pyrrole nitrogens is 1. The van der Waals surface area contributed by atoms with Crippen molar-refractivity contribution in [3.05, 3.63) is 70.6 Å².